The Balaban J connectivity index is 2.05. The van der Waals surface area contributed by atoms with Crippen LogP contribution >= 0.6 is 0 Å². The Bertz CT molecular complexity index is 461. The predicted octanol–water partition coefficient (Wildman–Crippen LogP) is 2.17. The molecule has 0 aliphatic carbocycles. The largest absolute Gasteiger partial charge is 0.372 e. The molecule has 1 aliphatic rings. The number of nitrogens with zero attached hydrogens (tertiary/aromatic N) is 2. The van der Waals surface area contributed by atoms with Crippen molar-refractivity contribution >= 4 is 11.4 Å². The van der Waals surface area contributed by atoms with Gasteiger partial charge in [0.2, 0.25) is 0 Å². The van der Waals surface area contributed by atoms with Crippen LogP contribution < -0.4 is 10.2 Å². The Morgan fingerprint density at radius 3 is 2.95 bits per heavy atom. The maximum Gasteiger partial charge on any atom is 0.272 e. The number of hydrogen-bond donors (Lipinski definition) is 1. The minimum atomic E-state index is -0.585. The molecule has 1 saturated heterocycles. The lowest BCUT2D eigenvalue weighted by molar-refractivity contribution is -0.385. The maximum absolute atomic E-state index is 13.9. The number of nitrogens with one attached hydrogen (secondary N) is 1. The van der Waals surface area contributed by atoms with E-state index >= 15 is 0 Å². The van der Waals surface area contributed by atoms with Gasteiger partial charge in [0.15, 0.2) is 5.82 Å². The van der Waals surface area contributed by atoms with Gasteiger partial charge in [-0.1, -0.05) is 0 Å². The third-order valence-electron chi connectivity index (χ3n) is 3.48. The lowest BCUT2D eigenvalue weighted by Gasteiger charge is -2.29. The van der Waals surface area contributed by atoms with Crippen LogP contribution in [-0.2, 0) is 0 Å². The normalized spacial score (nSPS) is 19.2. The fourth-order valence-electron chi connectivity index (χ4n) is 2.48. The second-order valence-corrected chi connectivity index (χ2v) is 4.99. The number of benzene rings is 1. The van der Waals surface area contributed by atoms with Crippen LogP contribution in [0.3, 0.4) is 0 Å². The van der Waals surface area contributed by atoms with E-state index in [9.17, 15) is 14.5 Å². The van der Waals surface area contributed by atoms with E-state index in [0.717, 1.165) is 38.5 Å². The first-order chi connectivity index (χ1) is 9.08. The highest BCUT2D eigenvalue weighted by molar-refractivity contribution is 5.51. The van der Waals surface area contributed by atoms with Gasteiger partial charge in [0.05, 0.1) is 16.7 Å². The summed E-state index contributed by atoms with van der Waals surface area (Å²) in [7, 11) is 1.82. The van der Waals surface area contributed by atoms with E-state index in [0.29, 0.717) is 11.6 Å². The van der Waals surface area contributed by atoms with Gasteiger partial charge in [-0.05, 0) is 37.9 Å². The van der Waals surface area contributed by atoms with E-state index in [-0.39, 0.29) is 5.69 Å². The number of piperidine rings is 1. The number of rotatable bonds is 4. The zero-order valence-electron chi connectivity index (χ0n) is 10.9. The van der Waals surface area contributed by atoms with E-state index in [1.807, 2.05) is 11.9 Å². The summed E-state index contributed by atoms with van der Waals surface area (Å²) in [6.07, 6.45) is 2.27. The first-order valence-corrected chi connectivity index (χ1v) is 6.43. The van der Waals surface area contributed by atoms with Crippen LogP contribution in [-0.4, -0.2) is 31.6 Å². The third kappa shape index (κ3) is 3.41. The van der Waals surface area contributed by atoms with Crippen LogP contribution in [0.15, 0.2) is 18.2 Å². The minimum Gasteiger partial charge on any atom is -0.372 e. The van der Waals surface area contributed by atoms with Crippen molar-refractivity contribution in [2.45, 2.75) is 12.8 Å². The molecule has 0 aromatic heterocycles. The smallest absolute Gasteiger partial charge is 0.272 e. The quantitative estimate of drug-likeness (QED) is 0.671. The maximum atomic E-state index is 13.9. The molecule has 1 heterocycles. The average Bonchev–Trinajstić information content (AvgIpc) is 2.39. The van der Waals surface area contributed by atoms with Crippen LogP contribution in [0.5, 0.6) is 0 Å². The standard InChI is InChI=1S/C13H18FN3O2/c1-16(9-10-3-2-6-15-8-10)13-5-4-11(17(18)19)7-12(13)14/h4-5,7,10,15H,2-3,6,8-9H2,1H3. The Labute approximate surface area is 111 Å². The molecule has 2 rings (SSSR count). The van der Waals surface area contributed by atoms with Crippen LogP contribution in [0.2, 0.25) is 0 Å². The first kappa shape index (κ1) is 13.7. The number of nitro groups is 1. The molecular weight excluding hydrogens is 249 g/mol. The molecule has 6 heteroatoms. The second-order valence-electron chi connectivity index (χ2n) is 4.99. The monoisotopic (exact) mass is 267 g/mol. The molecule has 19 heavy (non-hydrogen) atoms. The number of halogens is 1. The van der Waals surface area contributed by atoms with Gasteiger partial charge in [0, 0.05) is 19.7 Å². The van der Waals surface area contributed by atoms with Gasteiger partial charge in [-0.2, -0.15) is 0 Å². The number of hydrogen-bond acceptors (Lipinski definition) is 4. The molecular formula is C13H18FN3O2. The summed E-state index contributed by atoms with van der Waals surface area (Å²) in [6.45, 7) is 2.74. The van der Waals surface area contributed by atoms with E-state index < -0.39 is 10.7 Å². The average molecular weight is 267 g/mol. The molecule has 1 aliphatic heterocycles. The third-order valence-corrected chi connectivity index (χ3v) is 3.48. The number of anilines is 1. The molecule has 0 saturated carbocycles. The van der Waals surface area contributed by atoms with Gasteiger partial charge in [0.1, 0.15) is 0 Å². The molecule has 1 aromatic rings. The molecule has 0 radical (unpaired) electrons. The summed E-state index contributed by atoms with van der Waals surface area (Å²) >= 11 is 0. The highest BCUT2D eigenvalue weighted by Gasteiger charge is 2.18. The molecule has 0 bridgehead atoms. The fourth-order valence-corrected chi connectivity index (χ4v) is 2.48. The zero-order valence-corrected chi connectivity index (χ0v) is 10.9. The second kappa shape index (κ2) is 5.97. The summed E-state index contributed by atoms with van der Waals surface area (Å²) in [5, 5.41) is 13.9. The van der Waals surface area contributed by atoms with Crippen molar-refractivity contribution in [3.8, 4) is 0 Å². The summed E-state index contributed by atoms with van der Waals surface area (Å²) < 4.78 is 13.9. The van der Waals surface area contributed by atoms with Gasteiger partial charge in [-0.15, -0.1) is 0 Å². The minimum absolute atomic E-state index is 0.214. The fraction of sp³-hybridized carbons (Fsp3) is 0.538. The molecule has 0 spiro atoms. The summed E-state index contributed by atoms with van der Waals surface area (Å²) in [5.74, 6) is -0.0474. The Kier molecular flexibility index (Phi) is 4.31. The van der Waals surface area contributed by atoms with Crippen LogP contribution in [0.4, 0.5) is 15.8 Å². The van der Waals surface area contributed by atoms with Gasteiger partial charge in [-0.25, -0.2) is 4.39 Å². The molecule has 104 valence electrons. The zero-order chi connectivity index (χ0) is 13.8. The molecule has 5 nitrogen and oxygen atoms in total. The molecule has 0 amide bonds. The lowest BCUT2D eigenvalue weighted by Crippen LogP contribution is -2.37. The molecule has 1 aromatic carbocycles. The van der Waals surface area contributed by atoms with Crippen molar-refractivity contribution in [3.63, 3.8) is 0 Å². The van der Waals surface area contributed by atoms with E-state index in [2.05, 4.69) is 5.32 Å². The topological polar surface area (TPSA) is 58.4 Å². The van der Waals surface area contributed by atoms with E-state index in [1.54, 1.807) is 0 Å². The van der Waals surface area contributed by atoms with Gasteiger partial charge in [-0.3, -0.25) is 10.1 Å². The molecule has 1 unspecified atom stereocenters. The van der Waals surface area contributed by atoms with Gasteiger partial charge in [0.25, 0.3) is 5.69 Å². The number of non-ortho nitro benzene ring substituents is 1. The molecule has 1 fully saturated rings. The summed E-state index contributed by atoms with van der Waals surface area (Å²) in [5.41, 5.74) is 0.199. The van der Waals surface area contributed by atoms with E-state index in [1.165, 1.54) is 12.1 Å². The molecule has 1 atom stereocenters. The lowest BCUT2D eigenvalue weighted by atomic mass is 9.99. The van der Waals surface area contributed by atoms with Crippen molar-refractivity contribution in [1.29, 1.82) is 0 Å². The highest BCUT2D eigenvalue weighted by Crippen LogP contribution is 2.24. The van der Waals surface area contributed by atoms with Gasteiger partial charge < -0.3 is 10.2 Å². The van der Waals surface area contributed by atoms with Gasteiger partial charge >= 0.3 is 0 Å². The summed E-state index contributed by atoms with van der Waals surface area (Å²) in [6, 6.07) is 3.79. The number of nitro benzene ring substituents is 1. The Hall–Kier alpha value is -1.69. The van der Waals surface area contributed by atoms with Crippen molar-refractivity contribution in [1.82, 2.24) is 5.32 Å². The Morgan fingerprint density at radius 2 is 2.37 bits per heavy atom. The highest BCUT2D eigenvalue weighted by atomic mass is 19.1. The van der Waals surface area contributed by atoms with Crippen molar-refractivity contribution < 1.29 is 9.31 Å². The van der Waals surface area contributed by atoms with Crippen LogP contribution in [0, 0.1) is 21.8 Å². The van der Waals surface area contributed by atoms with Crippen molar-refractivity contribution in [2.75, 3.05) is 31.6 Å². The summed E-state index contributed by atoms with van der Waals surface area (Å²) in [4.78, 5) is 11.8. The van der Waals surface area contributed by atoms with E-state index in [4.69, 9.17) is 0 Å². The predicted molar refractivity (Wildman–Crippen MR) is 71.9 cm³/mol. The Morgan fingerprint density at radius 1 is 1.58 bits per heavy atom. The first-order valence-electron chi connectivity index (χ1n) is 6.43. The molecule has 1 N–H and O–H groups in total. The SMILES string of the molecule is CN(CC1CCCNC1)c1ccc([N+](=O)[O-])cc1F. The van der Waals surface area contributed by atoms with Crippen LogP contribution in [0.1, 0.15) is 12.8 Å². The van der Waals surface area contributed by atoms with Crippen LogP contribution in [0.25, 0.3) is 0 Å². The van der Waals surface area contributed by atoms with Crippen molar-refractivity contribution in [3.05, 3.63) is 34.1 Å². The van der Waals surface area contributed by atoms with Crippen molar-refractivity contribution in [2.24, 2.45) is 5.92 Å².